The maximum Gasteiger partial charge on any atom is 0.278 e. The zero-order valence-electron chi connectivity index (χ0n) is 13.6. The Morgan fingerprint density at radius 1 is 1.39 bits per heavy atom. The largest absolute Gasteiger partial charge is 0.466 e. The van der Waals surface area contributed by atoms with Crippen LogP contribution in [0.5, 0.6) is 5.75 Å². The minimum Gasteiger partial charge on any atom is -0.466 e. The number of nitrogens with one attached hydrogen (secondary N) is 2. The van der Waals surface area contributed by atoms with Gasteiger partial charge in [-0.15, -0.1) is 0 Å². The van der Waals surface area contributed by atoms with Gasteiger partial charge in [0.2, 0.25) is 0 Å². The Balaban J connectivity index is 1.64. The van der Waals surface area contributed by atoms with E-state index in [4.69, 9.17) is 4.74 Å². The molecule has 6 nitrogen and oxygen atoms in total. The summed E-state index contributed by atoms with van der Waals surface area (Å²) in [5, 5.41) is 5.59. The molecular formula is C17H23N3O3. The number of amides is 2. The second kappa shape index (κ2) is 6.20. The van der Waals surface area contributed by atoms with Crippen LogP contribution in [0.1, 0.15) is 25.3 Å². The lowest BCUT2D eigenvalue weighted by atomic mass is 10.0. The quantitative estimate of drug-likeness (QED) is 0.821. The van der Waals surface area contributed by atoms with E-state index in [-0.39, 0.29) is 0 Å². The van der Waals surface area contributed by atoms with Crippen molar-refractivity contribution in [3.05, 3.63) is 23.8 Å². The van der Waals surface area contributed by atoms with Gasteiger partial charge >= 0.3 is 0 Å². The lowest BCUT2D eigenvalue weighted by Crippen LogP contribution is -2.59. The van der Waals surface area contributed by atoms with E-state index in [2.05, 4.69) is 15.5 Å². The zero-order valence-corrected chi connectivity index (χ0v) is 13.6. The highest BCUT2D eigenvalue weighted by molar-refractivity contribution is 6.15. The molecule has 0 radical (unpaired) electrons. The molecule has 2 amide bonds. The van der Waals surface area contributed by atoms with Gasteiger partial charge in [-0.2, -0.15) is 0 Å². The van der Waals surface area contributed by atoms with Crippen molar-refractivity contribution >= 4 is 17.5 Å². The fraction of sp³-hybridized carbons (Fsp3) is 0.529. The van der Waals surface area contributed by atoms with Gasteiger partial charge in [-0.25, -0.2) is 0 Å². The maximum absolute atomic E-state index is 12.5. The summed E-state index contributed by atoms with van der Waals surface area (Å²) in [5.74, 6) is -0.318. The van der Waals surface area contributed by atoms with Crippen molar-refractivity contribution in [1.82, 2.24) is 10.2 Å². The van der Waals surface area contributed by atoms with Crippen LogP contribution in [0.15, 0.2) is 18.2 Å². The second-order valence-electron chi connectivity index (χ2n) is 6.39. The van der Waals surface area contributed by atoms with Gasteiger partial charge in [0.05, 0.1) is 5.69 Å². The molecule has 0 saturated carbocycles. The number of rotatable bonds is 4. The molecule has 2 aliphatic rings. The van der Waals surface area contributed by atoms with Crippen LogP contribution in [0.4, 0.5) is 5.69 Å². The van der Waals surface area contributed by atoms with Crippen molar-refractivity contribution in [2.45, 2.75) is 32.3 Å². The Hall–Kier alpha value is -2.08. The average molecular weight is 317 g/mol. The summed E-state index contributed by atoms with van der Waals surface area (Å²) in [4.78, 5) is 27.1. The first-order valence-electron chi connectivity index (χ1n) is 8.11. The van der Waals surface area contributed by atoms with Gasteiger partial charge in [-0.1, -0.05) is 6.07 Å². The SMILES string of the molecule is Cc1ccc2c(c1)NC(=O)C(C)(C(=O)NCCN1CCCC1)O2. The highest BCUT2D eigenvalue weighted by Gasteiger charge is 2.47. The van der Waals surface area contributed by atoms with Crippen molar-refractivity contribution in [2.75, 3.05) is 31.5 Å². The van der Waals surface area contributed by atoms with Gasteiger partial charge in [0.1, 0.15) is 5.75 Å². The molecule has 3 rings (SSSR count). The highest BCUT2D eigenvalue weighted by Crippen LogP contribution is 2.34. The highest BCUT2D eigenvalue weighted by atomic mass is 16.5. The van der Waals surface area contributed by atoms with Gasteiger partial charge in [-0.05, 0) is 57.5 Å². The van der Waals surface area contributed by atoms with E-state index in [0.717, 1.165) is 25.2 Å². The molecule has 2 heterocycles. The summed E-state index contributed by atoms with van der Waals surface area (Å²) >= 11 is 0. The van der Waals surface area contributed by atoms with Crippen LogP contribution in [0.2, 0.25) is 0 Å². The van der Waals surface area contributed by atoms with Gasteiger partial charge in [-0.3, -0.25) is 9.59 Å². The second-order valence-corrected chi connectivity index (χ2v) is 6.39. The molecule has 2 N–H and O–H groups in total. The van der Waals surface area contributed by atoms with Gasteiger partial charge in [0.15, 0.2) is 0 Å². The first-order valence-corrected chi connectivity index (χ1v) is 8.11. The first-order chi connectivity index (χ1) is 11.0. The minimum absolute atomic E-state index is 0.402. The van der Waals surface area contributed by atoms with Crippen LogP contribution in [0.25, 0.3) is 0 Å². The number of carbonyl (C=O) groups excluding carboxylic acids is 2. The number of anilines is 1. The van der Waals surface area contributed by atoms with E-state index in [0.29, 0.717) is 18.0 Å². The third-order valence-electron chi connectivity index (χ3n) is 4.48. The third-order valence-corrected chi connectivity index (χ3v) is 4.48. The summed E-state index contributed by atoms with van der Waals surface area (Å²) in [6, 6.07) is 5.50. The molecular weight excluding hydrogens is 294 g/mol. The third kappa shape index (κ3) is 3.17. The molecule has 1 unspecified atom stereocenters. The van der Waals surface area contributed by atoms with Crippen LogP contribution in [-0.4, -0.2) is 48.5 Å². The van der Waals surface area contributed by atoms with Gasteiger partial charge in [0, 0.05) is 13.1 Å². The molecule has 1 saturated heterocycles. The topological polar surface area (TPSA) is 70.7 Å². The number of nitrogens with zero attached hydrogens (tertiary/aromatic N) is 1. The van der Waals surface area contributed by atoms with Crippen molar-refractivity contribution in [2.24, 2.45) is 0 Å². The Bertz CT molecular complexity index is 626. The standard InChI is InChI=1S/C17H23N3O3/c1-12-5-6-14-13(11-12)19-16(22)17(2,23-14)15(21)18-7-10-20-8-3-4-9-20/h5-6,11H,3-4,7-10H2,1-2H3,(H,18,21)(H,19,22). The Morgan fingerprint density at radius 3 is 2.87 bits per heavy atom. The molecule has 2 aliphatic heterocycles. The fourth-order valence-corrected chi connectivity index (χ4v) is 2.99. The molecule has 124 valence electrons. The lowest BCUT2D eigenvalue weighted by Gasteiger charge is -2.33. The number of benzene rings is 1. The molecule has 1 aromatic carbocycles. The molecule has 0 aliphatic carbocycles. The van der Waals surface area contributed by atoms with Crippen LogP contribution in [-0.2, 0) is 9.59 Å². The number of aryl methyl sites for hydroxylation is 1. The summed E-state index contributed by atoms with van der Waals surface area (Å²) in [6.45, 7) is 6.93. The number of hydrogen-bond donors (Lipinski definition) is 2. The van der Waals surface area contributed by atoms with E-state index >= 15 is 0 Å². The molecule has 1 fully saturated rings. The van der Waals surface area contributed by atoms with E-state index in [1.807, 2.05) is 19.1 Å². The summed E-state index contributed by atoms with van der Waals surface area (Å²) in [5.41, 5.74) is 0.0939. The summed E-state index contributed by atoms with van der Waals surface area (Å²) in [7, 11) is 0. The molecule has 0 spiro atoms. The van der Waals surface area contributed by atoms with Crippen molar-refractivity contribution in [3.8, 4) is 5.75 Å². The number of ether oxygens (including phenoxy) is 1. The number of fused-ring (bicyclic) bond motifs is 1. The Morgan fingerprint density at radius 2 is 2.13 bits per heavy atom. The van der Waals surface area contributed by atoms with E-state index in [9.17, 15) is 9.59 Å². The minimum atomic E-state index is -1.53. The van der Waals surface area contributed by atoms with E-state index < -0.39 is 17.4 Å². The van der Waals surface area contributed by atoms with Crippen molar-refractivity contribution < 1.29 is 14.3 Å². The van der Waals surface area contributed by atoms with E-state index in [1.54, 1.807) is 6.07 Å². The maximum atomic E-state index is 12.5. The normalized spacial score (nSPS) is 23.8. The monoisotopic (exact) mass is 317 g/mol. The van der Waals surface area contributed by atoms with Crippen LogP contribution in [0, 0.1) is 6.92 Å². The lowest BCUT2D eigenvalue weighted by molar-refractivity contribution is -0.146. The fourth-order valence-electron chi connectivity index (χ4n) is 2.99. The molecule has 1 aromatic rings. The molecule has 0 bridgehead atoms. The Labute approximate surface area is 136 Å². The predicted octanol–water partition coefficient (Wildman–Crippen LogP) is 1.30. The Kier molecular flexibility index (Phi) is 4.26. The van der Waals surface area contributed by atoms with Gasteiger partial charge in [0.25, 0.3) is 17.4 Å². The molecule has 6 heteroatoms. The zero-order chi connectivity index (χ0) is 16.4. The average Bonchev–Trinajstić information content (AvgIpc) is 3.02. The van der Waals surface area contributed by atoms with Gasteiger partial charge < -0.3 is 20.3 Å². The van der Waals surface area contributed by atoms with Crippen LogP contribution >= 0.6 is 0 Å². The molecule has 1 atom stereocenters. The summed E-state index contributed by atoms with van der Waals surface area (Å²) in [6.07, 6.45) is 2.43. The van der Waals surface area contributed by atoms with Crippen LogP contribution < -0.4 is 15.4 Å². The number of likely N-dealkylation sites (tertiary alicyclic amines) is 1. The summed E-state index contributed by atoms with van der Waals surface area (Å²) < 4.78 is 5.73. The smallest absolute Gasteiger partial charge is 0.278 e. The number of hydrogen-bond acceptors (Lipinski definition) is 4. The first kappa shape index (κ1) is 15.8. The van der Waals surface area contributed by atoms with Crippen molar-refractivity contribution in [3.63, 3.8) is 0 Å². The van der Waals surface area contributed by atoms with Crippen molar-refractivity contribution in [1.29, 1.82) is 0 Å². The molecule has 23 heavy (non-hydrogen) atoms. The number of carbonyl (C=O) groups is 2. The predicted molar refractivity (Wildman–Crippen MR) is 87.5 cm³/mol. The van der Waals surface area contributed by atoms with Crippen LogP contribution in [0.3, 0.4) is 0 Å². The van der Waals surface area contributed by atoms with E-state index in [1.165, 1.54) is 19.8 Å². The molecule has 0 aromatic heterocycles.